The first-order chi connectivity index (χ1) is 13.5. The molecule has 150 valence electrons. The molecule has 1 aliphatic rings. The number of aliphatic hydroxyl groups is 1. The first kappa shape index (κ1) is 20.4. The number of hydrogen-bond acceptors (Lipinski definition) is 4. The molecule has 0 amide bonds. The lowest BCUT2D eigenvalue weighted by atomic mass is 9.73. The van der Waals surface area contributed by atoms with Crippen LogP contribution in [0, 0.1) is 5.41 Å². The van der Waals surface area contributed by atoms with E-state index >= 15 is 0 Å². The van der Waals surface area contributed by atoms with Gasteiger partial charge in [-0.25, -0.2) is 0 Å². The second-order valence-corrected chi connectivity index (χ2v) is 7.67. The monoisotopic (exact) mass is 383 g/mol. The van der Waals surface area contributed by atoms with E-state index in [-0.39, 0.29) is 0 Å². The number of carboxylic acid groups (broad SMARTS) is 1. The Kier molecular flexibility index (Phi) is 6.70. The molecule has 0 spiro atoms. The van der Waals surface area contributed by atoms with Crippen molar-refractivity contribution in [1.82, 2.24) is 4.90 Å². The van der Waals surface area contributed by atoms with Gasteiger partial charge in [-0.1, -0.05) is 42.5 Å². The van der Waals surface area contributed by atoms with E-state index in [0.29, 0.717) is 32.5 Å². The smallest absolute Gasteiger partial charge is 0.313 e. The number of ether oxygens (including phenoxy) is 1. The van der Waals surface area contributed by atoms with Crippen LogP contribution in [0.25, 0.3) is 0 Å². The van der Waals surface area contributed by atoms with Crippen molar-refractivity contribution in [3.63, 3.8) is 0 Å². The van der Waals surface area contributed by atoms with E-state index in [1.54, 1.807) is 7.11 Å². The number of methoxy groups -OCH3 is 1. The summed E-state index contributed by atoms with van der Waals surface area (Å²) in [6.07, 6.45) is 1.68. The predicted molar refractivity (Wildman–Crippen MR) is 108 cm³/mol. The molecular formula is C23H29NO4. The number of aryl methyl sites for hydroxylation is 1. The molecule has 28 heavy (non-hydrogen) atoms. The van der Waals surface area contributed by atoms with E-state index in [4.69, 9.17) is 4.74 Å². The molecule has 1 heterocycles. The summed E-state index contributed by atoms with van der Waals surface area (Å²) < 4.78 is 5.28. The second-order valence-electron chi connectivity index (χ2n) is 7.67. The topological polar surface area (TPSA) is 70.0 Å². The van der Waals surface area contributed by atoms with Crippen molar-refractivity contribution in [2.24, 2.45) is 5.41 Å². The highest BCUT2D eigenvalue weighted by atomic mass is 16.5. The molecule has 0 bridgehead atoms. The lowest BCUT2D eigenvalue weighted by molar-refractivity contribution is -0.164. The Morgan fingerprint density at radius 2 is 1.93 bits per heavy atom. The molecule has 2 aromatic rings. The van der Waals surface area contributed by atoms with Crippen molar-refractivity contribution in [1.29, 1.82) is 0 Å². The van der Waals surface area contributed by atoms with E-state index in [2.05, 4.69) is 17.0 Å². The highest BCUT2D eigenvalue weighted by molar-refractivity contribution is 5.76. The Morgan fingerprint density at radius 3 is 2.64 bits per heavy atom. The van der Waals surface area contributed by atoms with Crippen LogP contribution in [0.15, 0.2) is 54.6 Å². The molecule has 0 aliphatic carbocycles. The van der Waals surface area contributed by atoms with Crippen LogP contribution in [0.1, 0.15) is 30.4 Å². The third-order valence-corrected chi connectivity index (χ3v) is 5.76. The largest absolute Gasteiger partial charge is 0.497 e. The van der Waals surface area contributed by atoms with Gasteiger partial charge in [-0.05, 0) is 48.9 Å². The maximum absolute atomic E-state index is 12.2. The average Bonchev–Trinajstić information content (AvgIpc) is 2.71. The van der Waals surface area contributed by atoms with Gasteiger partial charge in [-0.15, -0.1) is 0 Å². The number of aliphatic carboxylic acids is 1. The summed E-state index contributed by atoms with van der Waals surface area (Å²) in [5.74, 6) is -0.106. The van der Waals surface area contributed by atoms with Gasteiger partial charge in [-0.3, -0.25) is 9.69 Å². The zero-order valence-electron chi connectivity index (χ0n) is 16.4. The first-order valence-corrected chi connectivity index (χ1v) is 9.84. The Balaban J connectivity index is 1.68. The SMILES string of the molecule is COc1cccc(CN2CC[C@@H](O)[C@](CCCc3ccccc3)(C(=O)O)C2)c1. The highest BCUT2D eigenvalue weighted by Crippen LogP contribution is 2.36. The van der Waals surface area contributed by atoms with E-state index in [1.807, 2.05) is 42.5 Å². The number of aliphatic hydroxyl groups excluding tert-OH is 1. The van der Waals surface area contributed by atoms with Crippen LogP contribution in [0.3, 0.4) is 0 Å². The fourth-order valence-electron chi connectivity index (χ4n) is 4.14. The molecule has 0 radical (unpaired) electrons. The highest BCUT2D eigenvalue weighted by Gasteiger charge is 2.48. The zero-order valence-corrected chi connectivity index (χ0v) is 16.4. The van der Waals surface area contributed by atoms with Gasteiger partial charge in [-0.2, -0.15) is 0 Å². The molecule has 1 saturated heterocycles. The van der Waals surface area contributed by atoms with Gasteiger partial charge in [0, 0.05) is 19.6 Å². The number of rotatable bonds is 8. The van der Waals surface area contributed by atoms with Gasteiger partial charge in [0.25, 0.3) is 0 Å². The fourth-order valence-corrected chi connectivity index (χ4v) is 4.14. The molecule has 2 aromatic carbocycles. The summed E-state index contributed by atoms with van der Waals surface area (Å²) in [5, 5.41) is 20.6. The van der Waals surface area contributed by atoms with Gasteiger partial charge < -0.3 is 14.9 Å². The van der Waals surface area contributed by atoms with Crippen LogP contribution in [0.4, 0.5) is 0 Å². The van der Waals surface area contributed by atoms with Crippen LogP contribution >= 0.6 is 0 Å². The Bertz CT molecular complexity index is 779. The minimum Gasteiger partial charge on any atom is -0.497 e. The Morgan fingerprint density at radius 1 is 1.18 bits per heavy atom. The molecule has 0 unspecified atom stereocenters. The minimum absolute atomic E-state index is 0.357. The van der Waals surface area contributed by atoms with Gasteiger partial charge in [0.2, 0.25) is 0 Å². The average molecular weight is 383 g/mol. The molecular weight excluding hydrogens is 354 g/mol. The van der Waals surface area contributed by atoms with Crippen molar-refractivity contribution >= 4 is 5.97 Å². The summed E-state index contributed by atoms with van der Waals surface area (Å²) in [6.45, 7) is 1.69. The molecule has 5 nitrogen and oxygen atoms in total. The van der Waals surface area contributed by atoms with Crippen LogP contribution < -0.4 is 4.74 Å². The van der Waals surface area contributed by atoms with Crippen LogP contribution in [-0.2, 0) is 17.8 Å². The number of likely N-dealkylation sites (tertiary alicyclic amines) is 1. The molecule has 2 N–H and O–H groups in total. The third kappa shape index (κ3) is 4.72. The molecule has 5 heteroatoms. The van der Waals surface area contributed by atoms with E-state index in [1.165, 1.54) is 5.56 Å². The lowest BCUT2D eigenvalue weighted by Crippen LogP contribution is -2.55. The Labute approximate surface area is 166 Å². The van der Waals surface area contributed by atoms with Gasteiger partial charge in [0.15, 0.2) is 0 Å². The molecule has 1 aliphatic heterocycles. The predicted octanol–water partition coefficient (Wildman–Crippen LogP) is 3.36. The number of piperidine rings is 1. The van der Waals surface area contributed by atoms with E-state index in [0.717, 1.165) is 24.2 Å². The Hall–Kier alpha value is -2.37. The molecule has 3 rings (SSSR count). The van der Waals surface area contributed by atoms with Gasteiger partial charge >= 0.3 is 5.97 Å². The van der Waals surface area contributed by atoms with E-state index in [9.17, 15) is 15.0 Å². The summed E-state index contributed by atoms with van der Waals surface area (Å²) in [7, 11) is 1.64. The van der Waals surface area contributed by atoms with Gasteiger partial charge in [0.1, 0.15) is 11.2 Å². The summed E-state index contributed by atoms with van der Waals surface area (Å²) in [4.78, 5) is 14.4. The maximum atomic E-state index is 12.2. The molecule has 0 saturated carbocycles. The quantitative estimate of drug-likeness (QED) is 0.732. The summed E-state index contributed by atoms with van der Waals surface area (Å²) in [5.41, 5.74) is 1.16. The minimum atomic E-state index is -1.12. The zero-order chi connectivity index (χ0) is 20.0. The van der Waals surface area contributed by atoms with Crippen molar-refractivity contribution in [2.75, 3.05) is 20.2 Å². The second kappa shape index (κ2) is 9.22. The number of hydrogen-bond donors (Lipinski definition) is 2. The van der Waals surface area contributed by atoms with E-state index < -0.39 is 17.5 Å². The standard InChI is InChI=1S/C23H29NO4/c1-28-20-11-5-9-19(15-20)16-24-14-12-21(25)23(17-24,22(26)27)13-6-10-18-7-3-2-4-8-18/h2-5,7-9,11,15,21,25H,6,10,12-14,16-17H2,1H3,(H,26,27)/t21-,23-/m1/s1. The van der Waals surface area contributed by atoms with Crippen molar-refractivity contribution < 1.29 is 19.7 Å². The molecule has 1 fully saturated rings. The maximum Gasteiger partial charge on any atom is 0.313 e. The number of carbonyl (C=O) groups is 1. The van der Waals surface area contributed by atoms with Crippen LogP contribution in [-0.4, -0.2) is 47.4 Å². The summed E-state index contributed by atoms with van der Waals surface area (Å²) in [6, 6.07) is 17.9. The van der Waals surface area contributed by atoms with Crippen molar-refractivity contribution in [3.8, 4) is 5.75 Å². The van der Waals surface area contributed by atoms with Crippen LogP contribution in [0.5, 0.6) is 5.75 Å². The number of benzene rings is 2. The van der Waals surface area contributed by atoms with Crippen LogP contribution in [0.2, 0.25) is 0 Å². The number of carboxylic acids is 1. The molecule has 2 atom stereocenters. The normalized spacial score (nSPS) is 22.7. The van der Waals surface area contributed by atoms with Crippen molar-refractivity contribution in [2.45, 2.75) is 38.3 Å². The van der Waals surface area contributed by atoms with Crippen molar-refractivity contribution in [3.05, 3.63) is 65.7 Å². The third-order valence-electron chi connectivity index (χ3n) is 5.76. The lowest BCUT2D eigenvalue weighted by Gasteiger charge is -2.43. The molecule has 0 aromatic heterocycles. The summed E-state index contributed by atoms with van der Waals surface area (Å²) >= 11 is 0. The first-order valence-electron chi connectivity index (χ1n) is 9.84. The number of nitrogens with zero attached hydrogens (tertiary/aromatic N) is 1. The fraction of sp³-hybridized carbons (Fsp3) is 0.435. The van der Waals surface area contributed by atoms with Gasteiger partial charge in [0.05, 0.1) is 13.2 Å².